The highest BCUT2D eigenvalue weighted by atomic mass is 19.1. The molecule has 0 radical (unpaired) electrons. The Morgan fingerprint density at radius 1 is 1.05 bits per heavy atom. The quantitative estimate of drug-likeness (QED) is 0.697. The molecule has 0 atom stereocenters. The smallest absolute Gasteiger partial charge is 0.354 e. The second-order valence-corrected chi connectivity index (χ2v) is 4.42. The van der Waals surface area contributed by atoms with Gasteiger partial charge in [-0.3, -0.25) is 4.79 Å². The van der Waals surface area contributed by atoms with E-state index in [2.05, 4.69) is 10.1 Å². The Morgan fingerprint density at radius 2 is 1.68 bits per heavy atom. The summed E-state index contributed by atoms with van der Waals surface area (Å²) in [6.07, 6.45) is 1.42. The van der Waals surface area contributed by atoms with E-state index < -0.39 is 11.9 Å². The minimum absolute atomic E-state index is 0.0250. The maximum Gasteiger partial charge on any atom is 0.354 e. The highest BCUT2D eigenvalue weighted by molar-refractivity contribution is 6.03. The van der Waals surface area contributed by atoms with Crippen molar-refractivity contribution in [3.8, 4) is 0 Å². The summed E-state index contributed by atoms with van der Waals surface area (Å²) in [6, 6.07) is 14.0. The molecule has 2 aromatic carbocycles. The molecular formula is C17H14FNO3. The maximum absolute atomic E-state index is 12.9. The molecule has 0 aliphatic rings. The number of methoxy groups -OCH3 is 1. The fourth-order valence-corrected chi connectivity index (χ4v) is 1.77. The monoisotopic (exact) mass is 299 g/mol. The topological polar surface area (TPSA) is 55.4 Å². The minimum Gasteiger partial charge on any atom is -0.464 e. The average Bonchev–Trinajstić information content (AvgIpc) is 2.56. The third kappa shape index (κ3) is 4.02. The van der Waals surface area contributed by atoms with E-state index in [9.17, 15) is 14.0 Å². The molecule has 5 heteroatoms. The molecule has 4 nitrogen and oxygen atoms in total. The van der Waals surface area contributed by atoms with E-state index in [0.29, 0.717) is 11.1 Å². The summed E-state index contributed by atoms with van der Waals surface area (Å²) in [4.78, 5) is 23.9. The fourth-order valence-electron chi connectivity index (χ4n) is 1.77. The lowest BCUT2D eigenvalue weighted by Gasteiger charge is -2.08. The number of benzene rings is 2. The Balaban J connectivity index is 2.25. The summed E-state index contributed by atoms with van der Waals surface area (Å²) in [5.74, 6) is -1.50. The first-order chi connectivity index (χ1) is 10.6. The first-order valence-corrected chi connectivity index (χ1v) is 6.52. The lowest BCUT2D eigenvalue weighted by atomic mass is 10.1. The minimum atomic E-state index is -0.686. The average molecular weight is 299 g/mol. The molecule has 0 aromatic heterocycles. The predicted octanol–water partition coefficient (Wildman–Crippen LogP) is 2.77. The molecule has 112 valence electrons. The van der Waals surface area contributed by atoms with Crippen molar-refractivity contribution in [3.05, 3.63) is 77.2 Å². The molecule has 0 spiro atoms. The summed E-state index contributed by atoms with van der Waals surface area (Å²) >= 11 is 0. The van der Waals surface area contributed by atoms with Gasteiger partial charge in [0.15, 0.2) is 0 Å². The van der Waals surface area contributed by atoms with Gasteiger partial charge in [-0.25, -0.2) is 9.18 Å². The van der Waals surface area contributed by atoms with Crippen molar-refractivity contribution < 1.29 is 18.7 Å². The molecule has 2 aromatic rings. The van der Waals surface area contributed by atoms with Crippen LogP contribution in [0.2, 0.25) is 0 Å². The molecule has 1 amide bonds. The Kier molecular flexibility index (Phi) is 5.03. The molecule has 0 aliphatic heterocycles. The summed E-state index contributed by atoms with van der Waals surface area (Å²) in [7, 11) is 1.22. The first kappa shape index (κ1) is 15.4. The van der Waals surface area contributed by atoms with Crippen LogP contribution in [0.3, 0.4) is 0 Å². The number of rotatable bonds is 4. The van der Waals surface area contributed by atoms with Crippen molar-refractivity contribution in [2.24, 2.45) is 0 Å². The standard InChI is InChI=1S/C17H14FNO3/c1-22-17(21)15(11-12-7-9-14(18)10-8-12)19-16(20)13-5-3-2-4-6-13/h2-11H,1H3,(H,19,20). The summed E-state index contributed by atoms with van der Waals surface area (Å²) in [6.45, 7) is 0. The number of nitrogens with one attached hydrogen (secondary N) is 1. The van der Waals surface area contributed by atoms with E-state index in [1.165, 1.54) is 37.5 Å². The van der Waals surface area contributed by atoms with Gasteiger partial charge in [0, 0.05) is 5.56 Å². The zero-order valence-corrected chi connectivity index (χ0v) is 11.9. The summed E-state index contributed by atoms with van der Waals surface area (Å²) < 4.78 is 17.5. The zero-order chi connectivity index (χ0) is 15.9. The van der Waals surface area contributed by atoms with Crippen molar-refractivity contribution in [2.75, 3.05) is 7.11 Å². The van der Waals surface area contributed by atoms with E-state index in [4.69, 9.17) is 0 Å². The number of carbonyl (C=O) groups excluding carboxylic acids is 2. The maximum atomic E-state index is 12.9. The van der Waals surface area contributed by atoms with Crippen LogP contribution in [0, 0.1) is 5.82 Å². The van der Waals surface area contributed by atoms with Crippen LogP contribution in [-0.4, -0.2) is 19.0 Å². The van der Waals surface area contributed by atoms with Crippen molar-refractivity contribution >= 4 is 18.0 Å². The number of ether oxygens (including phenoxy) is 1. The van der Waals surface area contributed by atoms with Crippen LogP contribution < -0.4 is 5.32 Å². The second-order valence-electron chi connectivity index (χ2n) is 4.42. The van der Waals surface area contributed by atoms with Crippen molar-refractivity contribution in [3.63, 3.8) is 0 Å². The number of hydrogen-bond donors (Lipinski definition) is 1. The fraction of sp³-hybridized carbons (Fsp3) is 0.0588. The lowest BCUT2D eigenvalue weighted by Crippen LogP contribution is -2.28. The van der Waals surface area contributed by atoms with Crippen molar-refractivity contribution in [1.29, 1.82) is 0 Å². The second kappa shape index (κ2) is 7.17. The molecule has 0 saturated heterocycles. The molecule has 1 N–H and O–H groups in total. The van der Waals surface area contributed by atoms with Gasteiger partial charge in [0.25, 0.3) is 5.91 Å². The summed E-state index contributed by atoms with van der Waals surface area (Å²) in [5.41, 5.74) is 0.953. The molecule has 0 fully saturated rings. The van der Waals surface area contributed by atoms with Gasteiger partial charge in [0.1, 0.15) is 11.5 Å². The van der Waals surface area contributed by atoms with E-state index in [1.807, 2.05) is 0 Å². The van der Waals surface area contributed by atoms with Crippen LogP contribution in [0.25, 0.3) is 6.08 Å². The van der Waals surface area contributed by atoms with Gasteiger partial charge in [0.2, 0.25) is 0 Å². The van der Waals surface area contributed by atoms with Gasteiger partial charge in [0.05, 0.1) is 7.11 Å². The molecular weight excluding hydrogens is 285 g/mol. The molecule has 0 heterocycles. The van der Waals surface area contributed by atoms with Gasteiger partial charge < -0.3 is 10.1 Å². The molecule has 0 aliphatic carbocycles. The Labute approximate surface area is 127 Å². The van der Waals surface area contributed by atoms with E-state index >= 15 is 0 Å². The SMILES string of the molecule is COC(=O)C(=Cc1ccc(F)cc1)NC(=O)c1ccccc1. The van der Waals surface area contributed by atoms with Crippen LogP contribution in [0.4, 0.5) is 4.39 Å². The van der Waals surface area contributed by atoms with E-state index in [-0.39, 0.29) is 11.5 Å². The van der Waals surface area contributed by atoms with Crippen LogP contribution in [-0.2, 0) is 9.53 Å². The molecule has 2 rings (SSSR count). The number of amides is 1. The van der Waals surface area contributed by atoms with Crippen LogP contribution >= 0.6 is 0 Å². The third-order valence-electron chi connectivity index (χ3n) is 2.87. The largest absolute Gasteiger partial charge is 0.464 e. The van der Waals surface area contributed by atoms with E-state index in [1.54, 1.807) is 30.3 Å². The van der Waals surface area contributed by atoms with Crippen molar-refractivity contribution in [2.45, 2.75) is 0 Å². The highest BCUT2D eigenvalue weighted by Gasteiger charge is 2.14. The highest BCUT2D eigenvalue weighted by Crippen LogP contribution is 2.09. The van der Waals surface area contributed by atoms with Gasteiger partial charge in [-0.2, -0.15) is 0 Å². The number of halogens is 1. The normalized spacial score (nSPS) is 10.9. The Hall–Kier alpha value is -2.95. The van der Waals surface area contributed by atoms with Crippen LogP contribution in [0.1, 0.15) is 15.9 Å². The molecule has 0 saturated carbocycles. The zero-order valence-electron chi connectivity index (χ0n) is 11.9. The Morgan fingerprint density at radius 3 is 2.27 bits per heavy atom. The molecule has 0 unspecified atom stereocenters. The van der Waals surface area contributed by atoms with Gasteiger partial charge in [-0.05, 0) is 35.9 Å². The number of hydrogen-bond acceptors (Lipinski definition) is 3. The third-order valence-corrected chi connectivity index (χ3v) is 2.87. The van der Waals surface area contributed by atoms with Crippen molar-refractivity contribution in [1.82, 2.24) is 5.32 Å². The van der Waals surface area contributed by atoms with E-state index in [0.717, 1.165) is 0 Å². The van der Waals surface area contributed by atoms with Crippen LogP contribution in [0.15, 0.2) is 60.3 Å². The number of esters is 1. The predicted molar refractivity (Wildman–Crippen MR) is 80.3 cm³/mol. The van der Waals surface area contributed by atoms with Gasteiger partial charge in [-0.1, -0.05) is 30.3 Å². The first-order valence-electron chi connectivity index (χ1n) is 6.52. The Bertz CT molecular complexity index is 694. The lowest BCUT2D eigenvalue weighted by molar-refractivity contribution is -0.136. The number of carbonyl (C=O) groups is 2. The molecule has 0 bridgehead atoms. The van der Waals surface area contributed by atoms with Gasteiger partial charge in [-0.15, -0.1) is 0 Å². The van der Waals surface area contributed by atoms with Gasteiger partial charge >= 0.3 is 5.97 Å². The molecule has 22 heavy (non-hydrogen) atoms. The van der Waals surface area contributed by atoms with Crippen LogP contribution in [0.5, 0.6) is 0 Å². The summed E-state index contributed by atoms with van der Waals surface area (Å²) in [5, 5.41) is 2.50.